The summed E-state index contributed by atoms with van der Waals surface area (Å²) in [5.74, 6) is 0. The topological polar surface area (TPSA) is 9.72 Å². The summed E-state index contributed by atoms with van der Waals surface area (Å²) < 4.78 is 0. The maximum atomic E-state index is 2.61. The maximum absolute atomic E-state index is 2.61. The summed E-state index contributed by atoms with van der Waals surface area (Å²) in [7, 11) is 6.52. The van der Waals surface area contributed by atoms with Crippen LogP contribution in [0.4, 0.5) is 0 Å². The summed E-state index contributed by atoms with van der Waals surface area (Å²) in [5.41, 5.74) is 0. The zero-order chi connectivity index (χ0) is 18.1. The molecule has 0 unspecified atom stereocenters. The predicted molar refractivity (Wildman–Crippen MR) is 105 cm³/mol. The largest absolute Gasteiger partial charge is 0.309 e. The van der Waals surface area contributed by atoms with E-state index in [-0.39, 0.29) is 0 Å². The van der Waals surface area contributed by atoms with E-state index in [1.807, 2.05) is 27.7 Å². The molecule has 22 heavy (non-hydrogen) atoms. The van der Waals surface area contributed by atoms with E-state index >= 15 is 0 Å². The van der Waals surface area contributed by atoms with Gasteiger partial charge in [-0.3, -0.25) is 0 Å². The molecule has 0 aliphatic rings. The molecule has 138 valence electrons. The Morgan fingerprint density at radius 1 is 0.591 bits per heavy atom. The molecular weight excluding hydrogens is 270 g/mol. The molecule has 3 heteroatoms. The van der Waals surface area contributed by atoms with E-state index < -0.39 is 0 Å². The first kappa shape index (κ1) is 26.8. The fourth-order valence-corrected chi connectivity index (χ4v) is 2.00. The summed E-state index contributed by atoms with van der Waals surface area (Å²) in [4.78, 5) is 7.31. The Balaban J connectivity index is -0.000000826. The second kappa shape index (κ2) is 18.9. The number of nitrogens with zero attached hydrogens (tertiary/aromatic N) is 3. The first-order chi connectivity index (χ1) is 10.3. The van der Waals surface area contributed by atoms with Crippen LogP contribution in [0.1, 0.15) is 68.2 Å². The minimum absolute atomic E-state index is 0.659. The first-order valence-electron chi connectivity index (χ1n) is 9.43. The van der Waals surface area contributed by atoms with Crippen LogP contribution in [0.2, 0.25) is 0 Å². The van der Waals surface area contributed by atoms with Crippen molar-refractivity contribution in [1.29, 1.82) is 0 Å². The Bertz CT molecular complexity index is 191. The van der Waals surface area contributed by atoms with Gasteiger partial charge in [-0.2, -0.15) is 0 Å². The minimum Gasteiger partial charge on any atom is -0.309 e. The van der Waals surface area contributed by atoms with Crippen molar-refractivity contribution in [1.82, 2.24) is 14.7 Å². The van der Waals surface area contributed by atoms with Gasteiger partial charge in [0.15, 0.2) is 0 Å². The average Bonchev–Trinajstić information content (AvgIpc) is 2.48. The van der Waals surface area contributed by atoms with Crippen molar-refractivity contribution in [3.63, 3.8) is 0 Å². The second-order valence-electron chi connectivity index (χ2n) is 6.21. The first-order valence-corrected chi connectivity index (χ1v) is 9.43. The van der Waals surface area contributed by atoms with Crippen LogP contribution in [0.15, 0.2) is 0 Å². The van der Waals surface area contributed by atoms with Crippen molar-refractivity contribution >= 4 is 0 Å². The van der Waals surface area contributed by atoms with Gasteiger partial charge in [-0.05, 0) is 87.9 Å². The van der Waals surface area contributed by atoms with Gasteiger partial charge in [0, 0.05) is 12.1 Å². The van der Waals surface area contributed by atoms with Gasteiger partial charge in [0.1, 0.15) is 0 Å². The van der Waals surface area contributed by atoms with Crippen molar-refractivity contribution in [3.05, 3.63) is 0 Å². The summed E-state index contributed by atoms with van der Waals surface area (Å²) in [6.07, 6.45) is 2.54. The van der Waals surface area contributed by atoms with Crippen LogP contribution in [-0.2, 0) is 0 Å². The van der Waals surface area contributed by atoms with Crippen LogP contribution >= 0.6 is 0 Å². The molecule has 0 saturated carbocycles. The third kappa shape index (κ3) is 17.9. The molecule has 0 saturated heterocycles. The molecular formula is C19H47N3. The number of rotatable bonds is 10. The van der Waals surface area contributed by atoms with Crippen molar-refractivity contribution in [2.45, 2.75) is 80.3 Å². The lowest BCUT2D eigenvalue weighted by Gasteiger charge is -2.28. The van der Waals surface area contributed by atoms with Crippen LogP contribution in [0, 0.1) is 0 Å². The SMILES string of the molecule is CC.CC.CC(C)N(C)CCCN(CCCN(C)C)C(C)C. The molecule has 0 aromatic heterocycles. The lowest BCUT2D eigenvalue weighted by molar-refractivity contribution is 0.188. The molecule has 0 radical (unpaired) electrons. The van der Waals surface area contributed by atoms with Crippen LogP contribution in [0.25, 0.3) is 0 Å². The monoisotopic (exact) mass is 317 g/mol. The second-order valence-corrected chi connectivity index (χ2v) is 6.21. The van der Waals surface area contributed by atoms with Gasteiger partial charge in [0.25, 0.3) is 0 Å². The quantitative estimate of drug-likeness (QED) is 0.590. The lowest BCUT2D eigenvalue weighted by atomic mass is 10.2. The molecule has 0 heterocycles. The van der Waals surface area contributed by atoms with Crippen molar-refractivity contribution in [2.75, 3.05) is 47.3 Å². The Hall–Kier alpha value is -0.120. The van der Waals surface area contributed by atoms with Gasteiger partial charge < -0.3 is 14.7 Å². The van der Waals surface area contributed by atoms with E-state index in [0.717, 1.165) is 0 Å². The van der Waals surface area contributed by atoms with Crippen LogP contribution in [0.5, 0.6) is 0 Å². The van der Waals surface area contributed by atoms with E-state index in [9.17, 15) is 0 Å². The highest BCUT2D eigenvalue weighted by Crippen LogP contribution is 2.03. The summed E-state index contributed by atoms with van der Waals surface area (Å²) >= 11 is 0. The number of hydrogen-bond donors (Lipinski definition) is 0. The molecule has 0 bridgehead atoms. The fourth-order valence-electron chi connectivity index (χ4n) is 2.00. The molecule has 0 aliphatic heterocycles. The summed E-state index contributed by atoms with van der Waals surface area (Å²) in [6, 6.07) is 1.32. The normalized spacial score (nSPS) is 10.9. The molecule has 0 spiro atoms. The molecule has 0 aromatic carbocycles. The van der Waals surface area contributed by atoms with Gasteiger partial charge in [-0.25, -0.2) is 0 Å². The predicted octanol–water partition coefficient (Wildman–Crippen LogP) is 4.43. The van der Waals surface area contributed by atoms with E-state index in [0.29, 0.717) is 12.1 Å². The van der Waals surface area contributed by atoms with Crippen LogP contribution in [-0.4, -0.2) is 74.1 Å². The Morgan fingerprint density at radius 2 is 1.00 bits per heavy atom. The molecule has 0 amide bonds. The van der Waals surface area contributed by atoms with Crippen LogP contribution < -0.4 is 0 Å². The maximum Gasteiger partial charge on any atom is 0.00386 e. The smallest absolute Gasteiger partial charge is 0.00386 e. The van der Waals surface area contributed by atoms with E-state index in [1.165, 1.54) is 39.0 Å². The van der Waals surface area contributed by atoms with Gasteiger partial charge in [-0.15, -0.1) is 0 Å². The molecule has 0 rings (SSSR count). The van der Waals surface area contributed by atoms with E-state index in [4.69, 9.17) is 0 Å². The van der Waals surface area contributed by atoms with Crippen molar-refractivity contribution in [3.8, 4) is 0 Å². The third-order valence-corrected chi connectivity index (χ3v) is 3.62. The highest BCUT2D eigenvalue weighted by atomic mass is 15.2. The zero-order valence-electron chi connectivity index (χ0n) is 17.7. The molecule has 0 N–H and O–H groups in total. The fraction of sp³-hybridized carbons (Fsp3) is 1.00. The minimum atomic E-state index is 0.659. The van der Waals surface area contributed by atoms with Gasteiger partial charge in [-0.1, -0.05) is 27.7 Å². The van der Waals surface area contributed by atoms with Crippen LogP contribution in [0.3, 0.4) is 0 Å². The lowest BCUT2D eigenvalue weighted by Crippen LogP contribution is -2.36. The average molecular weight is 318 g/mol. The zero-order valence-corrected chi connectivity index (χ0v) is 17.7. The molecule has 0 fully saturated rings. The number of hydrogen-bond acceptors (Lipinski definition) is 3. The Morgan fingerprint density at radius 3 is 1.32 bits per heavy atom. The van der Waals surface area contributed by atoms with Gasteiger partial charge in [0.2, 0.25) is 0 Å². The Labute approximate surface area is 143 Å². The summed E-state index contributed by atoms with van der Waals surface area (Å²) in [6.45, 7) is 22.0. The molecule has 3 nitrogen and oxygen atoms in total. The molecule has 0 aliphatic carbocycles. The molecule has 0 atom stereocenters. The van der Waals surface area contributed by atoms with Crippen molar-refractivity contribution in [2.24, 2.45) is 0 Å². The highest BCUT2D eigenvalue weighted by molar-refractivity contribution is 4.66. The third-order valence-electron chi connectivity index (χ3n) is 3.62. The molecule has 0 aromatic rings. The van der Waals surface area contributed by atoms with E-state index in [1.54, 1.807) is 0 Å². The standard InChI is InChI=1S/C15H35N3.2C2H6/c1-14(2)17(7)11-9-13-18(15(3)4)12-8-10-16(5)6;2*1-2/h14-15H,8-13H2,1-7H3;2*1-2H3. The van der Waals surface area contributed by atoms with Gasteiger partial charge in [0.05, 0.1) is 0 Å². The van der Waals surface area contributed by atoms with Crippen molar-refractivity contribution < 1.29 is 0 Å². The Kier molecular flexibility index (Phi) is 23.0. The van der Waals surface area contributed by atoms with E-state index in [2.05, 4.69) is 63.5 Å². The summed E-state index contributed by atoms with van der Waals surface area (Å²) in [5, 5.41) is 0. The highest BCUT2D eigenvalue weighted by Gasteiger charge is 2.10. The van der Waals surface area contributed by atoms with Gasteiger partial charge >= 0.3 is 0 Å².